The Hall–Kier alpha value is -1.63. The van der Waals surface area contributed by atoms with Crippen LogP contribution in [0.4, 0.5) is 4.39 Å². The number of benzene rings is 2. The van der Waals surface area contributed by atoms with Crippen molar-refractivity contribution in [1.82, 2.24) is 0 Å². The van der Waals surface area contributed by atoms with Crippen LogP contribution < -0.4 is 0 Å². The van der Waals surface area contributed by atoms with E-state index in [4.69, 9.17) is 0 Å². The second-order valence-electron chi connectivity index (χ2n) is 6.43. The Kier molecular flexibility index (Phi) is 7.32. The van der Waals surface area contributed by atoms with Crippen LogP contribution in [0, 0.1) is 5.82 Å². The van der Waals surface area contributed by atoms with Crippen molar-refractivity contribution in [3.63, 3.8) is 0 Å². The summed E-state index contributed by atoms with van der Waals surface area (Å²) in [5.41, 5.74) is 4.12. The molecule has 0 saturated carbocycles. The zero-order valence-electron chi connectivity index (χ0n) is 14.6. The average molecular weight is 312 g/mol. The molecule has 0 aromatic heterocycles. The van der Waals surface area contributed by atoms with E-state index in [0.717, 1.165) is 36.8 Å². The molecular formula is C22H29F. The summed E-state index contributed by atoms with van der Waals surface area (Å²) < 4.78 is 14.4. The van der Waals surface area contributed by atoms with Crippen molar-refractivity contribution in [1.29, 1.82) is 0 Å². The monoisotopic (exact) mass is 312 g/mol. The zero-order chi connectivity index (χ0) is 16.5. The largest absolute Gasteiger partial charge is 0.206 e. The number of hydrogen-bond acceptors (Lipinski definition) is 0. The quantitative estimate of drug-likeness (QED) is 0.439. The van der Waals surface area contributed by atoms with Gasteiger partial charge in [0, 0.05) is 5.56 Å². The fourth-order valence-corrected chi connectivity index (χ4v) is 3.02. The summed E-state index contributed by atoms with van der Waals surface area (Å²) >= 11 is 0. The van der Waals surface area contributed by atoms with Crippen molar-refractivity contribution in [2.45, 2.75) is 65.2 Å². The first-order valence-electron chi connectivity index (χ1n) is 9.12. The minimum Gasteiger partial charge on any atom is -0.206 e. The van der Waals surface area contributed by atoms with Crippen LogP contribution in [-0.4, -0.2) is 0 Å². The lowest BCUT2D eigenvalue weighted by atomic mass is 9.99. The lowest BCUT2D eigenvalue weighted by Crippen LogP contribution is -1.91. The van der Waals surface area contributed by atoms with Gasteiger partial charge in [0.2, 0.25) is 0 Å². The van der Waals surface area contributed by atoms with Gasteiger partial charge in [-0.3, -0.25) is 0 Å². The van der Waals surface area contributed by atoms with E-state index in [1.165, 1.54) is 31.2 Å². The average Bonchev–Trinajstić information content (AvgIpc) is 2.56. The van der Waals surface area contributed by atoms with Gasteiger partial charge in [0.1, 0.15) is 5.82 Å². The number of halogens is 1. The first-order chi connectivity index (χ1) is 11.2. The van der Waals surface area contributed by atoms with Crippen molar-refractivity contribution in [3.8, 4) is 11.1 Å². The van der Waals surface area contributed by atoms with Crippen LogP contribution in [0.15, 0.2) is 42.5 Å². The van der Waals surface area contributed by atoms with Crippen LogP contribution in [0.2, 0.25) is 0 Å². The zero-order valence-corrected chi connectivity index (χ0v) is 14.6. The summed E-state index contributed by atoms with van der Waals surface area (Å²) in [5, 5.41) is 0. The van der Waals surface area contributed by atoms with E-state index >= 15 is 0 Å². The molecule has 2 rings (SSSR count). The van der Waals surface area contributed by atoms with E-state index in [2.05, 4.69) is 32.0 Å². The van der Waals surface area contributed by atoms with Crippen LogP contribution in [0.1, 0.15) is 63.5 Å². The molecule has 0 nitrogen and oxygen atoms in total. The molecule has 23 heavy (non-hydrogen) atoms. The number of unbranched alkanes of at least 4 members (excludes halogenated alkanes) is 4. The van der Waals surface area contributed by atoms with E-state index in [-0.39, 0.29) is 5.82 Å². The van der Waals surface area contributed by atoms with Gasteiger partial charge in [0.25, 0.3) is 0 Å². The normalized spacial score (nSPS) is 10.9. The molecule has 0 unspecified atom stereocenters. The van der Waals surface area contributed by atoms with Gasteiger partial charge < -0.3 is 0 Å². The van der Waals surface area contributed by atoms with Crippen LogP contribution in [0.3, 0.4) is 0 Å². The molecule has 0 saturated heterocycles. The summed E-state index contributed by atoms with van der Waals surface area (Å²) in [6, 6.07) is 14.0. The molecular weight excluding hydrogens is 283 g/mol. The fraction of sp³-hybridized carbons (Fsp3) is 0.455. The van der Waals surface area contributed by atoms with Gasteiger partial charge >= 0.3 is 0 Å². The highest BCUT2D eigenvalue weighted by molar-refractivity contribution is 5.64. The van der Waals surface area contributed by atoms with Crippen molar-refractivity contribution >= 4 is 0 Å². The van der Waals surface area contributed by atoms with Crippen molar-refractivity contribution < 1.29 is 4.39 Å². The number of aryl methyl sites for hydroxylation is 2. The first-order valence-corrected chi connectivity index (χ1v) is 9.12. The molecule has 1 heteroatoms. The maximum absolute atomic E-state index is 14.4. The molecule has 0 aliphatic carbocycles. The highest BCUT2D eigenvalue weighted by Gasteiger charge is 2.06. The maximum Gasteiger partial charge on any atom is 0.131 e. The third-order valence-corrected chi connectivity index (χ3v) is 4.41. The van der Waals surface area contributed by atoms with Gasteiger partial charge in [-0.1, -0.05) is 82.3 Å². The van der Waals surface area contributed by atoms with E-state index in [1.807, 2.05) is 18.2 Å². The highest BCUT2D eigenvalue weighted by atomic mass is 19.1. The minimum absolute atomic E-state index is 0.0979. The van der Waals surface area contributed by atoms with Gasteiger partial charge in [0.15, 0.2) is 0 Å². The lowest BCUT2D eigenvalue weighted by molar-refractivity contribution is 0.618. The highest BCUT2D eigenvalue weighted by Crippen LogP contribution is 2.25. The molecule has 0 atom stereocenters. The van der Waals surface area contributed by atoms with Crippen LogP contribution >= 0.6 is 0 Å². The lowest BCUT2D eigenvalue weighted by Gasteiger charge is -2.08. The Morgan fingerprint density at radius 1 is 0.696 bits per heavy atom. The number of rotatable bonds is 9. The van der Waals surface area contributed by atoms with Gasteiger partial charge in [-0.05, 0) is 42.0 Å². The number of hydrogen-bond donors (Lipinski definition) is 0. The summed E-state index contributed by atoms with van der Waals surface area (Å²) in [5.74, 6) is -0.0979. The summed E-state index contributed by atoms with van der Waals surface area (Å²) in [7, 11) is 0. The van der Waals surface area contributed by atoms with Crippen molar-refractivity contribution in [2.24, 2.45) is 0 Å². The molecule has 0 bridgehead atoms. The summed E-state index contributed by atoms with van der Waals surface area (Å²) in [4.78, 5) is 0. The van der Waals surface area contributed by atoms with E-state index in [9.17, 15) is 4.39 Å². The van der Waals surface area contributed by atoms with Crippen LogP contribution in [0.5, 0.6) is 0 Å². The van der Waals surface area contributed by atoms with Gasteiger partial charge in [-0.25, -0.2) is 4.39 Å². The fourth-order valence-electron chi connectivity index (χ4n) is 3.02. The van der Waals surface area contributed by atoms with Crippen LogP contribution in [0.25, 0.3) is 11.1 Å². The maximum atomic E-state index is 14.4. The SMILES string of the molecule is CCCCCCCc1ccc(-c2ccc(CCC)cc2)c(F)c1. The van der Waals surface area contributed by atoms with Crippen molar-refractivity contribution in [3.05, 3.63) is 59.4 Å². The molecule has 0 spiro atoms. The predicted molar refractivity (Wildman–Crippen MR) is 98.3 cm³/mol. The van der Waals surface area contributed by atoms with Gasteiger partial charge in [-0.15, -0.1) is 0 Å². The minimum atomic E-state index is -0.0979. The Bertz CT molecular complexity index is 583. The Balaban J connectivity index is 1.98. The standard InChI is InChI=1S/C22H29F/c1-3-5-6-7-8-10-19-13-16-21(22(23)17-19)20-14-11-18(9-4-2)12-15-20/h11-17H,3-10H2,1-2H3. The molecule has 0 aliphatic rings. The smallest absolute Gasteiger partial charge is 0.131 e. The molecule has 0 fully saturated rings. The Morgan fingerprint density at radius 2 is 1.39 bits per heavy atom. The van der Waals surface area contributed by atoms with Crippen LogP contribution in [-0.2, 0) is 12.8 Å². The Labute approximate surface area is 140 Å². The van der Waals surface area contributed by atoms with E-state index in [1.54, 1.807) is 6.07 Å². The van der Waals surface area contributed by atoms with Gasteiger partial charge in [0.05, 0.1) is 0 Å². The van der Waals surface area contributed by atoms with Crippen molar-refractivity contribution in [2.75, 3.05) is 0 Å². The van der Waals surface area contributed by atoms with E-state index < -0.39 is 0 Å². The molecule has 124 valence electrons. The molecule has 0 aliphatic heterocycles. The molecule has 0 N–H and O–H groups in total. The molecule has 0 radical (unpaired) electrons. The molecule has 0 heterocycles. The summed E-state index contributed by atoms with van der Waals surface area (Å²) in [6.07, 6.45) is 9.47. The first kappa shape index (κ1) is 17.7. The third kappa shape index (κ3) is 5.49. The summed E-state index contributed by atoms with van der Waals surface area (Å²) in [6.45, 7) is 4.40. The van der Waals surface area contributed by atoms with Gasteiger partial charge in [-0.2, -0.15) is 0 Å². The molecule has 2 aromatic rings. The van der Waals surface area contributed by atoms with E-state index in [0.29, 0.717) is 5.56 Å². The second kappa shape index (κ2) is 9.50. The molecule has 0 amide bonds. The molecule has 2 aromatic carbocycles. The predicted octanol–water partition coefficient (Wildman–Crippen LogP) is 6.96. The topological polar surface area (TPSA) is 0 Å². The third-order valence-electron chi connectivity index (χ3n) is 4.41. The Morgan fingerprint density at radius 3 is 2.04 bits per heavy atom. The second-order valence-corrected chi connectivity index (χ2v) is 6.43.